The third-order valence-electron chi connectivity index (χ3n) is 4.53. The molecule has 0 spiro atoms. The molecular formula is C21H18ClN5O2. The number of halogens is 1. The summed E-state index contributed by atoms with van der Waals surface area (Å²) >= 11 is 6.03. The molecule has 1 aromatic carbocycles. The zero-order chi connectivity index (χ0) is 20.5. The summed E-state index contributed by atoms with van der Waals surface area (Å²) in [5, 5.41) is 13.6. The van der Waals surface area contributed by atoms with Crippen molar-refractivity contribution in [3.8, 4) is 11.3 Å². The molecule has 0 aliphatic carbocycles. The molecule has 0 atom stereocenters. The summed E-state index contributed by atoms with van der Waals surface area (Å²) in [4.78, 5) is 24.4. The Morgan fingerprint density at radius 3 is 2.79 bits per heavy atom. The van der Waals surface area contributed by atoms with Crippen molar-refractivity contribution in [2.75, 3.05) is 5.32 Å². The molecule has 0 aliphatic heterocycles. The summed E-state index contributed by atoms with van der Waals surface area (Å²) in [7, 11) is 0. The number of fused-ring (bicyclic) bond motifs is 1. The number of benzene rings is 1. The van der Waals surface area contributed by atoms with E-state index in [1.54, 1.807) is 18.5 Å². The van der Waals surface area contributed by atoms with Crippen LogP contribution >= 0.6 is 11.6 Å². The van der Waals surface area contributed by atoms with Crippen molar-refractivity contribution in [1.82, 2.24) is 19.5 Å². The first-order chi connectivity index (χ1) is 13.9. The molecule has 0 saturated carbocycles. The Balaban J connectivity index is 1.74. The van der Waals surface area contributed by atoms with Crippen LogP contribution in [0.5, 0.6) is 0 Å². The minimum absolute atomic E-state index is 0.0867. The molecule has 8 heteroatoms. The summed E-state index contributed by atoms with van der Waals surface area (Å²) < 4.78 is 2.16. The SMILES string of the molecule is CC(C)n1cc(-c2ccnc(Nc3cc(Cl)cc(C(=O)O)c3)n2)c2ccncc21. The van der Waals surface area contributed by atoms with Gasteiger partial charge in [-0.15, -0.1) is 0 Å². The zero-order valence-corrected chi connectivity index (χ0v) is 16.6. The Morgan fingerprint density at radius 2 is 2.03 bits per heavy atom. The molecule has 0 fully saturated rings. The molecular weight excluding hydrogens is 390 g/mol. The van der Waals surface area contributed by atoms with Crippen LogP contribution in [0.4, 0.5) is 11.6 Å². The molecule has 0 bridgehead atoms. The van der Waals surface area contributed by atoms with Gasteiger partial charge in [-0.25, -0.2) is 14.8 Å². The fourth-order valence-electron chi connectivity index (χ4n) is 3.21. The second-order valence-corrected chi connectivity index (χ2v) is 7.30. The van der Waals surface area contributed by atoms with Crippen LogP contribution in [0, 0.1) is 0 Å². The number of carboxylic acids is 1. The lowest BCUT2D eigenvalue weighted by atomic mass is 10.1. The number of carbonyl (C=O) groups is 1. The molecule has 146 valence electrons. The number of pyridine rings is 1. The number of carboxylic acid groups (broad SMARTS) is 1. The number of aromatic nitrogens is 4. The molecule has 0 aliphatic rings. The van der Waals surface area contributed by atoms with E-state index in [2.05, 4.69) is 44.9 Å². The monoisotopic (exact) mass is 407 g/mol. The van der Waals surface area contributed by atoms with E-state index in [-0.39, 0.29) is 11.6 Å². The van der Waals surface area contributed by atoms with Crippen molar-refractivity contribution >= 4 is 40.1 Å². The molecule has 29 heavy (non-hydrogen) atoms. The van der Waals surface area contributed by atoms with E-state index in [1.807, 2.05) is 18.3 Å². The van der Waals surface area contributed by atoms with Gasteiger partial charge in [0.05, 0.1) is 23.0 Å². The van der Waals surface area contributed by atoms with Gasteiger partial charge in [0.25, 0.3) is 0 Å². The Bertz CT molecular complexity index is 1220. The molecule has 0 unspecified atom stereocenters. The van der Waals surface area contributed by atoms with Crippen molar-refractivity contribution in [2.24, 2.45) is 0 Å². The van der Waals surface area contributed by atoms with E-state index in [0.29, 0.717) is 16.7 Å². The summed E-state index contributed by atoms with van der Waals surface area (Å²) in [6, 6.07) is 8.58. The number of aromatic carboxylic acids is 1. The third-order valence-corrected chi connectivity index (χ3v) is 4.74. The second-order valence-electron chi connectivity index (χ2n) is 6.86. The van der Waals surface area contributed by atoms with Gasteiger partial charge in [-0.1, -0.05) is 11.6 Å². The van der Waals surface area contributed by atoms with Crippen molar-refractivity contribution in [3.63, 3.8) is 0 Å². The molecule has 0 radical (unpaired) electrons. The molecule has 2 N–H and O–H groups in total. The summed E-state index contributed by atoms with van der Waals surface area (Å²) in [6.07, 6.45) is 7.33. The number of anilines is 2. The lowest BCUT2D eigenvalue weighted by Crippen LogP contribution is -2.01. The topological polar surface area (TPSA) is 92.9 Å². The lowest BCUT2D eigenvalue weighted by Gasteiger charge is -2.08. The van der Waals surface area contributed by atoms with E-state index in [4.69, 9.17) is 11.6 Å². The van der Waals surface area contributed by atoms with Crippen molar-refractivity contribution in [3.05, 3.63) is 65.7 Å². The molecule has 4 rings (SSSR count). The first kappa shape index (κ1) is 18.9. The normalized spacial score (nSPS) is 11.2. The first-order valence-corrected chi connectivity index (χ1v) is 9.39. The quantitative estimate of drug-likeness (QED) is 0.474. The molecule has 7 nitrogen and oxygen atoms in total. The maximum Gasteiger partial charge on any atom is 0.335 e. The maximum atomic E-state index is 11.3. The number of hydrogen-bond donors (Lipinski definition) is 2. The summed E-state index contributed by atoms with van der Waals surface area (Å²) in [5.41, 5.74) is 3.34. The van der Waals surface area contributed by atoms with E-state index in [0.717, 1.165) is 22.2 Å². The molecule has 4 aromatic rings. The van der Waals surface area contributed by atoms with Crippen LogP contribution in [0.1, 0.15) is 30.2 Å². The van der Waals surface area contributed by atoms with Crippen LogP contribution in [-0.2, 0) is 0 Å². The molecule has 3 aromatic heterocycles. The zero-order valence-electron chi connectivity index (χ0n) is 15.8. The van der Waals surface area contributed by atoms with E-state index < -0.39 is 5.97 Å². The van der Waals surface area contributed by atoms with Gasteiger partial charge in [-0.2, -0.15) is 0 Å². The van der Waals surface area contributed by atoms with Gasteiger partial charge in [-0.3, -0.25) is 4.98 Å². The van der Waals surface area contributed by atoms with Crippen LogP contribution in [0.2, 0.25) is 5.02 Å². The van der Waals surface area contributed by atoms with Gasteiger partial charge >= 0.3 is 5.97 Å². The summed E-state index contributed by atoms with van der Waals surface area (Å²) in [5.74, 6) is -0.707. The highest BCUT2D eigenvalue weighted by molar-refractivity contribution is 6.31. The number of nitrogens with one attached hydrogen (secondary N) is 1. The standard InChI is InChI=1S/C21H18ClN5O2/c1-12(2)27-11-17(16-3-5-23-10-19(16)27)18-4-6-24-21(26-18)25-15-8-13(20(28)29)7-14(22)9-15/h3-12H,1-2H3,(H,28,29)(H,24,25,26). The van der Waals surface area contributed by atoms with Gasteiger partial charge in [-0.05, 0) is 44.2 Å². The van der Waals surface area contributed by atoms with E-state index >= 15 is 0 Å². The Kier molecular flexibility index (Phi) is 4.90. The number of nitrogens with zero attached hydrogens (tertiary/aromatic N) is 4. The molecule has 0 saturated heterocycles. The van der Waals surface area contributed by atoms with Crippen LogP contribution in [-0.4, -0.2) is 30.6 Å². The van der Waals surface area contributed by atoms with E-state index in [9.17, 15) is 9.90 Å². The molecule has 0 amide bonds. The lowest BCUT2D eigenvalue weighted by molar-refractivity contribution is 0.0697. The second kappa shape index (κ2) is 7.52. The van der Waals surface area contributed by atoms with Crippen molar-refractivity contribution < 1.29 is 9.90 Å². The fourth-order valence-corrected chi connectivity index (χ4v) is 3.45. The minimum atomic E-state index is -1.06. The Morgan fingerprint density at radius 1 is 1.21 bits per heavy atom. The number of rotatable bonds is 5. The fraction of sp³-hybridized carbons (Fsp3) is 0.143. The third kappa shape index (κ3) is 3.77. The van der Waals surface area contributed by atoms with Gasteiger partial charge < -0.3 is 15.0 Å². The van der Waals surface area contributed by atoms with Crippen LogP contribution in [0.3, 0.4) is 0 Å². The maximum absolute atomic E-state index is 11.3. The smallest absolute Gasteiger partial charge is 0.335 e. The van der Waals surface area contributed by atoms with Crippen molar-refractivity contribution in [2.45, 2.75) is 19.9 Å². The highest BCUT2D eigenvalue weighted by atomic mass is 35.5. The Labute approximate surface area is 172 Å². The first-order valence-electron chi connectivity index (χ1n) is 9.01. The van der Waals surface area contributed by atoms with Gasteiger partial charge in [0.1, 0.15) is 0 Å². The van der Waals surface area contributed by atoms with Gasteiger partial charge in [0, 0.05) is 46.3 Å². The largest absolute Gasteiger partial charge is 0.478 e. The predicted molar refractivity (Wildman–Crippen MR) is 113 cm³/mol. The van der Waals surface area contributed by atoms with Gasteiger partial charge in [0.15, 0.2) is 0 Å². The molecule has 3 heterocycles. The van der Waals surface area contributed by atoms with Gasteiger partial charge in [0.2, 0.25) is 5.95 Å². The average Bonchev–Trinajstić information content (AvgIpc) is 3.08. The van der Waals surface area contributed by atoms with Crippen LogP contribution < -0.4 is 5.32 Å². The summed E-state index contributed by atoms with van der Waals surface area (Å²) in [6.45, 7) is 4.23. The predicted octanol–water partition coefficient (Wildman–Crippen LogP) is 5.17. The van der Waals surface area contributed by atoms with Crippen LogP contribution in [0.25, 0.3) is 22.2 Å². The average molecular weight is 408 g/mol. The van der Waals surface area contributed by atoms with Crippen molar-refractivity contribution in [1.29, 1.82) is 0 Å². The number of hydrogen-bond acceptors (Lipinski definition) is 5. The van der Waals surface area contributed by atoms with E-state index in [1.165, 1.54) is 12.1 Å². The highest BCUT2D eigenvalue weighted by Gasteiger charge is 2.14. The Hall–Kier alpha value is -3.45. The highest BCUT2D eigenvalue weighted by Crippen LogP contribution is 2.31. The van der Waals surface area contributed by atoms with Crippen LogP contribution in [0.15, 0.2) is 55.1 Å². The minimum Gasteiger partial charge on any atom is -0.478 e.